The van der Waals surface area contributed by atoms with Crippen LogP contribution in [0.3, 0.4) is 0 Å². The van der Waals surface area contributed by atoms with E-state index < -0.39 is 11.9 Å². The molecule has 1 unspecified atom stereocenters. The van der Waals surface area contributed by atoms with Crippen molar-refractivity contribution < 1.29 is 27.1 Å². The molecular weight excluding hydrogens is 411 g/mol. The van der Waals surface area contributed by atoms with Crippen molar-refractivity contribution in [1.29, 1.82) is 0 Å². The molecule has 0 aromatic carbocycles. The number of carbonyl (C=O) groups is 1. The Morgan fingerprint density at radius 2 is 2.13 bits per heavy atom. The summed E-state index contributed by atoms with van der Waals surface area (Å²) in [6.45, 7) is 5.20. The minimum atomic E-state index is -4.48. The fraction of sp³-hybridized carbons (Fsp3) is 0.455. The molecule has 9 heteroatoms. The normalized spacial score (nSPS) is 17.6. The van der Waals surface area contributed by atoms with Crippen molar-refractivity contribution >= 4 is 16.9 Å². The first-order valence-corrected chi connectivity index (χ1v) is 10.3. The van der Waals surface area contributed by atoms with Crippen LogP contribution in [-0.2, 0) is 17.5 Å². The third-order valence-electron chi connectivity index (χ3n) is 5.37. The molecule has 1 aliphatic heterocycles. The first-order chi connectivity index (χ1) is 14.7. The number of ether oxygens (including phenoxy) is 1. The number of carbonyl (C=O) groups excluding carboxylic acids is 1. The summed E-state index contributed by atoms with van der Waals surface area (Å²) in [6.07, 6.45) is -2.81. The van der Waals surface area contributed by atoms with Gasteiger partial charge in [-0.05, 0) is 57.0 Å². The van der Waals surface area contributed by atoms with E-state index in [4.69, 9.17) is 9.15 Å². The summed E-state index contributed by atoms with van der Waals surface area (Å²) in [7, 11) is 0. The highest BCUT2D eigenvalue weighted by Gasteiger charge is 2.33. The number of halogens is 3. The van der Waals surface area contributed by atoms with Crippen molar-refractivity contribution in [2.24, 2.45) is 0 Å². The highest BCUT2D eigenvalue weighted by atomic mass is 19.4. The van der Waals surface area contributed by atoms with Gasteiger partial charge in [-0.15, -0.1) is 0 Å². The summed E-state index contributed by atoms with van der Waals surface area (Å²) in [4.78, 5) is 21.5. The summed E-state index contributed by atoms with van der Waals surface area (Å²) in [6, 6.07) is 7.40. The molecule has 4 heterocycles. The lowest BCUT2D eigenvalue weighted by Crippen LogP contribution is -2.39. The number of aromatic nitrogens is 2. The second kappa shape index (κ2) is 8.37. The van der Waals surface area contributed by atoms with Gasteiger partial charge in [0.1, 0.15) is 18.1 Å². The van der Waals surface area contributed by atoms with Crippen LogP contribution in [0.5, 0.6) is 0 Å². The van der Waals surface area contributed by atoms with E-state index >= 15 is 0 Å². The lowest BCUT2D eigenvalue weighted by molar-refractivity contribution is -0.140. The molecule has 4 rings (SSSR count). The van der Waals surface area contributed by atoms with Crippen LogP contribution in [0.2, 0.25) is 0 Å². The number of fused-ring (bicyclic) bond motifs is 1. The first-order valence-electron chi connectivity index (χ1n) is 10.3. The standard InChI is InChI=1S/C22H24F3N3O3/c1-13(2)30-12-15-5-7-19(31-15)21(29)28-9-3-4-14(11-28)17-10-18-16(26-17)6-8-20(27-18)22(23,24)25/h5-8,10,13-14,26H,3-4,9,11-12H2,1-2H3. The van der Waals surface area contributed by atoms with E-state index in [1.54, 1.807) is 23.1 Å². The average molecular weight is 435 g/mol. The molecule has 1 aliphatic rings. The minimum absolute atomic E-state index is 0.0139. The summed E-state index contributed by atoms with van der Waals surface area (Å²) in [5, 5.41) is 0. The van der Waals surface area contributed by atoms with Gasteiger partial charge in [0.15, 0.2) is 5.76 Å². The number of hydrogen-bond acceptors (Lipinski definition) is 4. The van der Waals surface area contributed by atoms with Crippen LogP contribution in [0.4, 0.5) is 13.2 Å². The predicted molar refractivity (Wildman–Crippen MR) is 108 cm³/mol. The maximum atomic E-state index is 12.9. The first kappa shape index (κ1) is 21.4. The Balaban J connectivity index is 1.47. The van der Waals surface area contributed by atoms with E-state index in [-0.39, 0.29) is 29.2 Å². The Morgan fingerprint density at radius 1 is 1.32 bits per heavy atom. The molecule has 6 nitrogen and oxygen atoms in total. The Hall–Kier alpha value is -2.81. The van der Waals surface area contributed by atoms with Gasteiger partial charge in [-0.1, -0.05) is 0 Å². The molecule has 1 atom stereocenters. The van der Waals surface area contributed by atoms with Crippen molar-refractivity contribution in [3.05, 3.63) is 53.2 Å². The van der Waals surface area contributed by atoms with Gasteiger partial charge in [-0.3, -0.25) is 4.79 Å². The molecule has 3 aromatic rings. The lowest BCUT2D eigenvalue weighted by Gasteiger charge is -2.31. The van der Waals surface area contributed by atoms with Gasteiger partial charge in [0.05, 0.1) is 17.1 Å². The second-order valence-corrected chi connectivity index (χ2v) is 8.07. The maximum absolute atomic E-state index is 12.9. The molecule has 31 heavy (non-hydrogen) atoms. The summed E-state index contributed by atoms with van der Waals surface area (Å²) < 4.78 is 49.9. The topological polar surface area (TPSA) is 71.4 Å². The molecule has 1 fully saturated rings. The van der Waals surface area contributed by atoms with Gasteiger partial charge in [0.25, 0.3) is 5.91 Å². The zero-order chi connectivity index (χ0) is 22.2. The van der Waals surface area contributed by atoms with Gasteiger partial charge in [0.2, 0.25) is 0 Å². The van der Waals surface area contributed by atoms with Crippen molar-refractivity contribution in [3.63, 3.8) is 0 Å². The number of nitrogens with zero attached hydrogens (tertiary/aromatic N) is 2. The van der Waals surface area contributed by atoms with E-state index in [2.05, 4.69) is 9.97 Å². The molecular formula is C22H24F3N3O3. The van der Waals surface area contributed by atoms with E-state index in [1.165, 1.54) is 6.07 Å². The van der Waals surface area contributed by atoms with Crippen LogP contribution < -0.4 is 0 Å². The third kappa shape index (κ3) is 4.76. The average Bonchev–Trinajstić information content (AvgIpc) is 3.37. The number of piperidine rings is 1. The predicted octanol–water partition coefficient (Wildman–Crippen LogP) is 5.12. The smallest absolute Gasteiger partial charge is 0.433 e. The molecule has 0 saturated carbocycles. The zero-order valence-electron chi connectivity index (χ0n) is 17.3. The Bertz CT molecular complexity index is 1070. The highest BCUT2D eigenvalue weighted by Crippen LogP contribution is 2.32. The second-order valence-electron chi connectivity index (χ2n) is 8.07. The van der Waals surface area contributed by atoms with Crippen LogP contribution >= 0.6 is 0 Å². The van der Waals surface area contributed by atoms with Crippen LogP contribution in [0.1, 0.15) is 60.3 Å². The lowest BCUT2D eigenvalue weighted by atomic mass is 9.94. The number of hydrogen-bond donors (Lipinski definition) is 1. The summed E-state index contributed by atoms with van der Waals surface area (Å²) in [5.41, 5.74) is 0.687. The molecule has 0 bridgehead atoms. The zero-order valence-corrected chi connectivity index (χ0v) is 17.3. The van der Waals surface area contributed by atoms with E-state index in [0.29, 0.717) is 31.0 Å². The van der Waals surface area contributed by atoms with Gasteiger partial charge in [0, 0.05) is 24.7 Å². The largest absolute Gasteiger partial charge is 0.453 e. The number of aromatic amines is 1. The Kier molecular flexibility index (Phi) is 5.79. The van der Waals surface area contributed by atoms with E-state index in [9.17, 15) is 18.0 Å². The maximum Gasteiger partial charge on any atom is 0.433 e. The van der Waals surface area contributed by atoms with Crippen LogP contribution in [0, 0.1) is 0 Å². The number of amides is 1. The highest BCUT2D eigenvalue weighted by molar-refractivity contribution is 5.91. The molecule has 0 radical (unpaired) electrons. The molecule has 166 valence electrons. The molecule has 1 saturated heterocycles. The van der Waals surface area contributed by atoms with E-state index in [1.807, 2.05) is 13.8 Å². The Morgan fingerprint density at radius 3 is 2.87 bits per heavy atom. The molecule has 0 aliphatic carbocycles. The van der Waals surface area contributed by atoms with E-state index in [0.717, 1.165) is 24.6 Å². The van der Waals surface area contributed by atoms with Crippen LogP contribution in [0.15, 0.2) is 34.7 Å². The fourth-order valence-electron chi connectivity index (χ4n) is 3.80. The minimum Gasteiger partial charge on any atom is -0.453 e. The number of rotatable bonds is 5. The SMILES string of the molecule is CC(C)OCc1ccc(C(=O)N2CCCC(c3cc4nc(C(F)(F)F)ccc4[nH]3)C2)o1. The Labute approximate surface area is 177 Å². The van der Waals surface area contributed by atoms with Gasteiger partial charge >= 0.3 is 6.18 Å². The number of furan rings is 1. The number of likely N-dealkylation sites (tertiary alicyclic amines) is 1. The molecule has 0 spiro atoms. The summed E-state index contributed by atoms with van der Waals surface area (Å²) >= 11 is 0. The number of alkyl halides is 3. The summed E-state index contributed by atoms with van der Waals surface area (Å²) in [5.74, 6) is 0.637. The molecule has 3 aromatic heterocycles. The van der Waals surface area contributed by atoms with Gasteiger partial charge in [-0.25, -0.2) is 4.98 Å². The van der Waals surface area contributed by atoms with Crippen LogP contribution in [0.25, 0.3) is 11.0 Å². The quantitative estimate of drug-likeness (QED) is 0.604. The van der Waals surface area contributed by atoms with Crippen molar-refractivity contribution in [2.45, 2.75) is 51.5 Å². The van der Waals surface area contributed by atoms with Gasteiger partial charge in [-0.2, -0.15) is 13.2 Å². The van der Waals surface area contributed by atoms with Gasteiger partial charge < -0.3 is 19.0 Å². The third-order valence-corrected chi connectivity index (χ3v) is 5.37. The van der Waals surface area contributed by atoms with Crippen molar-refractivity contribution in [3.8, 4) is 0 Å². The van der Waals surface area contributed by atoms with Crippen molar-refractivity contribution in [2.75, 3.05) is 13.1 Å². The van der Waals surface area contributed by atoms with Crippen LogP contribution in [-0.4, -0.2) is 40.0 Å². The number of H-pyrrole nitrogens is 1. The fourth-order valence-corrected chi connectivity index (χ4v) is 3.80. The van der Waals surface area contributed by atoms with Crippen molar-refractivity contribution in [1.82, 2.24) is 14.9 Å². The number of nitrogens with one attached hydrogen (secondary N) is 1. The molecule has 1 amide bonds. The monoisotopic (exact) mass is 435 g/mol. The molecule has 1 N–H and O–H groups in total. The number of pyridine rings is 1.